The van der Waals surface area contributed by atoms with Crippen LogP contribution in [-0.4, -0.2) is 0 Å². The van der Waals surface area contributed by atoms with Gasteiger partial charge in [-0.3, -0.25) is 0 Å². The zero-order valence-corrected chi connectivity index (χ0v) is 40.7. The average Bonchev–Trinajstić information content (AvgIpc) is 3.30. The fraction of sp³-hybridized carbons (Fsp3) is 0.579. The number of aryl methyl sites for hydroxylation is 2. The fourth-order valence-corrected chi connectivity index (χ4v) is 7.26. The first kappa shape index (κ1) is 53.5. The van der Waals surface area contributed by atoms with Gasteiger partial charge in [-0.15, -0.1) is 0 Å². The standard InChI is InChI=1S/2C16H19NO.C15H28.2C5H12/c2*1-2-13-4-3-5-15(10-13)12-18-16-8-6-14(11-17)7-9-16;1-12-3-7-14(8-4-12)11-15-9-5-13(2)6-10-15;2*1-4-5(2)3/h2*3-10H,2,11-12,17H2,1H3;12-15H,3-11H2,1-2H3;2*5H,4H2,1-3H3. The second kappa shape index (κ2) is 32.1. The van der Waals surface area contributed by atoms with Crippen molar-refractivity contribution in [1.29, 1.82) is 0 Å². The molecular formula is C57H90N2O2. The van der Waals surface area contributed by atoms with Gasteiger partial charge in [-0.05, 0) is 112 Å². The molecule has 0 aliphatic heterocycles. The van der Waals surface area contributed by atoms with E-state index in [9.17, 15) is 0 Å². The van der Waals surface area contributed by atoms with Crippen LogP contribution in [0.4, 0.5) is 0 Å². The highest BCUT2D eigenvalue weighted by atomic mass is 16.5. The minimum absolute atomic E-state index is 0.568. The van der Waals surface area contributed by atoms with E-state index in [1.54, 1.807) is 6.42 Å². The van der Waals surface area contributed by atoms with Gasteiger partial charge in [0.25, 0.3) is 0 Å². The molecule has 0 bridgehead atoms. The number of rotatable bonds is 14. The quantitative estimate of drug-likeness (QED) is 0.133. The molecule has 0 amide bonds. The normalized spacial score (nSPS) is 18.2. The minimum Gasteiger partial charge on any atom is -0.489 e. The zero-order chi connectivity index (χ0) is 44.8. The summed E-state index contributed by atoms with van der Waals surface area (Å²) in [5.74, 6) is 7.77. The van der Waals surface area contributed by atoms with Crippen LogP contribution >= 0.6 is 0 Å². The number of hydrogen-bond acceptors (Lipinski definition) is 4. The molecule has 0 unspecified atom stereocenters. The molecule has 4 heteroatoms. The molecular weight excluding hydrogens is 745 g/mol. The Morgan fingerprint density at radius 2 is 0.770 bits per heavy atom. The molecule has 0 aromatic heterocycles. The lowest BCUT2D eigenvalue weighted by Crippen LogP contribution is -2.19. The highest BCUT2D eigenvalue weighted by Crippen LogP contribution is 2.38. The summed E-state index contributed by atoms with van der Waals surface area (Å²) in [6.45, 7) is 24.8. The molecule has 2 fully saturated rings. The number of ether oxygens (including phenoxy) is 2. The Morgan fingerprint density at radius 1 is 0.459 bits per heavy atom. The third-order valence-corrected chi connectivity index (χ3v) is 12.5. The molecule has 0 atom stereocenters. The second-order valence-electron chi connectivity index (χ2n) is 18.7. The Morgan fingerprint density at radius 3 is 1.05 bits per heavy atom. The molecule has 61 heavy (non-hydrogen) atoms. The summed E-state index contributed by atoms with van der Waals surface area (Å²) in [5.41, 5.74) is 18.4. The van der Waals surface area contributed by atoms with Crippen LogP contribution in [0.25, 0.3) is 0 Å². The molecule has 0 heterocycles. The smallest absolute Gasteiger partial charge is 0.119 e. The van der Waals surface area contributed by atoms with Gasteiger partial charge in [-0.25, -0.2) is 0 Å². The monoisotopic (exact) mass is 835 g/mol. The van der Waals surface area contributed by atoms with Gasteiger partial charge >= 0.3 is 0 Å². The van der Waals surface area contributed by atoms with Gasteiger partial charge in [0.1, 0.15) is 24.7 Å². The molecule has 0 spiro atoms. The van der Waals surface area contributed by atoms with E-state index < -0.39 is 0 Å². The van der Waals surface area contributed by atoms with E-state index in [4.69, 9.17) is 20.9 Å². The van der Waals surface area contributed by atoms with Gasteiger partial charge in [0.2, 0.25) is 0 Å². The summed E-state index contributed by atoms with van der Waals surface area (Å²) < 4.78 is 11.5. The molecule has 4 nitrogen and oxygen atoms in total. The molecule has 4 aromatic carbocycles. The van der Waals surface area contributed by atoms with Crippen molar-refractivity contribution in [3.8, 4) is 11.5 Å². The highest BCUT2D eigenvalue weighted by Gasteiger charge is 2.24. The average molecular weight is 835 g/mol. The van der Waals surface area contributed by atoms with Gasteiger partial charge in [-0.1, -0.05) is 206 Å². The van der Waals surface area contributed by atoms with Crippen LogP contribution in [0.3, 0.4) is 0 Å². The van der Waals surface area contributed by atoms with Crippen LogP contribution in [0.15, 0.2) is 97.1 Å². The van der Waals surface area contributed by atoms with Crippen LogP contribution in [0.1, 0.15) is 173 Å². The van der Waals surface area contributed by atoms with E-state index in [0.717, 1.165) is 71.0 Å². The topological polar surface area (TPSA) is 70.5 Å². The maximum atomic E-state index is 5.75. The lowest BCUT2D eigenvalue weighted by molar-refractivity contribution is 0.201. The Balaban J connectivity index is 0.000000284. The fourth-order valence-electron chi connectivity index (χ4n) is 7.26. The third-order valence-electron chi connectivity index (χ3n) is 12.5. The first-order valence-electron chi connectivity index (χ1n) is 24.4. The van der Waals surface area contributed by atoms with Crippen LogP contribution in [0.2, 0.25) is 0 Å². The van der Waals surface area contributed by atoms with Crippen LogP contribution < -0.4 is 20.9 Å². The highest BCUT2D eigenvalue weighted by molar-refractivity contribution is 5.30. The van der Waals surface area contributed by atoms with E-state index in [1.165, 1.54) is 86.5 Å². The van der Waals surface area contributed by atoms with Gasteiger partial charge in [0, 0.05) is 13.1 Å². The van der Waals surface area contributed by atoms with E-state index in [2.05, 4.69) is 118 Å². The van der Waals surface area contributed by atoms with Gasteiger partial charge in [-0.2, -0.15) is 0 Å². The third kappa shape index (κ3) is 24.6. The van der Waals surface area contributed by atoms with Crippen molar-refractivity contribution in [1.82, 2.24) is 0 Å². The first-order valence-corrected chi connectivity index (χ1v) is 24.4. The number of benzene rings is 4. The second-order valence-corrected chi connectivity index (χ2v) is 18.7. The molecule has 2 saturated carbocycles. The molecule has 340 valence electrons. The van der Waals surface area contributed by atoms with Crippen LogP contribution in [-0.2, 0) is 39.1 Å². The predicted octanol–water partition coefficient (Wildman–Crippen LogP) is 15.7. The van der Waals surface area contributed by atoms with E-state index in [-0.39, 0.29) is 0 Å². The molecule has 0 radical (unpaired) electrons. The van der Waals surface area contributed by atoms with E-state index in [0.29, 0.717) is 26.3 Å². The molecule has 2 aliphatic rings. The van der Waals surface area contributed by atoms with Crippen molar-refractivity contribution in [2.24, 2.45) is 47.0 Å². The molecule has 2 aliphatic carbocycles. The molecule has 6 rings (SSSR count). The molecule has 4 N–H and O–H groups in total. The lowest BCUT2D eigenvalue weighted by atomic mass is 9.74. The van der Waals surface area contributed by atoms with Gasteiger partial charge < -0.3 is 20.9 Å². The Hall–Kier alpha value is -3.60. The zero-order valence-electron chi connectivity index (χ0n) is 40.7. The molecule has 4 aromatic rings. The Bertz CT molecular complexity index is 1510. The number of hydrogen-bond donors (Lipinski definition) is 2. The van der Waals surface area contributed by atoms with Gasteiger partial charge in [0.05, 0.1) is 0 Å². The van der Waals surface area contributed by atoms with E-state index >= 15 is 0 Å². The lowest BCUT2D eigenvalue weighted by Gasteiger charge is -2.32. The summed E-state index contributed by atoms with van der Waals surface area (Å²) in [5, 5.41) is 0. The molecule has 0 saturated heterocycles. The van der Waals surface area contributed by atoms with Crippen LogP contribution in [0.5, 0.6) is 11.5 Å². The SMILES string of the molecule is CC1CCC(CC2CCC(C)CC2)CC1.CCC(C)C.CCC(C)C.CCc1cccc(COc2ccc(CN)cc2)c1.CCc1cccc(COc2ccc(CN)cc2)c1. The van der Waals surface area contributed by atoms with Gasteiger partial charge in [0.15, 0.2) is 0 Å². The van der Waals surface area contributed by atoms with Crippen molar-refractivity contribution in [2.75, 3.05) is 0 Å². The van der Waals surface area contributed by atoms with Crippen LogP contribution in [0, 0.1) is 35.5 Å². The summed E-state index contributed by atoms with van der Waals surface area (Å²) >= 11 is 0. The van der Waals surface area contributed by atoms with Crippen molar-refractivity contribution < 1.29 is 9.47 Å². The first-order chi connectivity index (χ1) is 29.4. The maximum absolute atomic E-state index is 5.75. The van der Waals surface area contributed by atoms with E-state index in [1.807, 2.05) is 48.5 Å². The maximum Gasteiger partial charge on any atom is 0.119 e. The summed E-state index contributed by atoms with van der Waals surface area (Å²) in [6, 6.07) is 32.8. The largest absolute Gasteiger partial charge is 0.489 e. The number of nitrogens with two attached hydrogens (primary N) is 2. The summed E-state index contributed by atoms with van der Waals surface area (Å²) in [7, 11) is 0. The van der Waals surface area contributed by atoms with Crippen molar-refractivity contribution in [2.45, 2.75) is 179 Å². The Labute approximate surface area is 376 Å². The van der Waals surface area contributed by atoms with Crippen molar-refractivity contribution in [3.63, 3.8) is 0 Å². The minimum atomic E-state index is 0.568. The summed E-state index contributed by atoms with van der Waals surface area (Å²) in [4.78, 5) is 0. The summed E-state index contributed by atoms with van der Waals surface area (Å²) in [6.07, 6.45) is 18.5. The van der Waals surface area contributed by atoms with Crippen molar-refractivity contribution in [3.05, 3.63) is 130 Å². The Kier molecular flexibility index (Phi) is 28.2. The van der Waals surface area contributed by atoms with Crippen molar-refractivity contribution >= 4 is 0 Å². The predicted molar refractivity (Wildman–Crippen MR) is 266 cm³/mol.